The van der Waals surface area contributed by atoms with E-state index < -0.39 is 0 Å². The number of thiocarbonyl (C=S) groups is 1. The van der Waals surface area contributed by atoms with E-state index in [0.29, 0.717) is 46.7 Å². The highest BCUT2D eigenvalue weighted by Crippen LogP contribution is 2.33. The maximum absolute atomic E-state index is 12.7. The molecule has 30 heavy (non-hydrogen) atoms. The van der Waals surface area contributed by atoms with Gasteiger partial charge in [0.25, 0.3) is 5.91 Å². The second-order valence-corrected chi connectivity index (χ2v) is 8.93. The number of benzene rings is 2. The van der Waals surface area contributed by atoms with Crippen LogP contribution >= 0.6 is 35.6 Å². The van der Waals surface area contributed by atoms with Crippen LogP contribution in [0, 0.1) is 0 Å². The molecule has 0 radical (unpaired) electrons. The van der Waals surface area contributed by atoms with E-state index in [0.717, 1.165) is 11.1 Å². The summed E-state index contributed by atoms with van der Waals surface area (Å²) in [6, 6.07) is 17.3. The maximum Gasteiger partial charge on any atom is 0.266 e. The minimum absolute atomic E-state index is 0.0819. The predicted octanol–water partition coefficient (Wildman–Crippen LogP) is 5.37. The van der Waals surface area contributed by atoms with Crippen LogP contribution in [-0.2, 0) is 16.1 Å². The highest BCUT2D eigenvalue weighted by molar-refractivity contribution is 8.26. The number of nitrogens with zero attached hydrogens (tertiary/aromatic N) is 2. The number of amides is 2. The van der Waals surface area contributed by atoms with Crippen molar-refractivity contribution in [2.24, 2.45) is 0 Å². The predicted molar refractivity (Wildman–Crippen MR) is 128 cm³/mol. The Hall–Kier alpha value is -2.15. The first-order valence-corrected chi connectivity index (χ1v) is 11.4. The fourth-order valence-corrected chi connectivity index (χ4v) is 4.64. The van der Waals surface area contributed by atoms with Crippen molar-refractivity contribution in [3.8, 4) is 0 Å². The van der Waals surface area contributed by atoms with Crippen LogP contribution in [0.25, 0.3) is 6.08 Å². The molecule has 0 N–H and O–H groups in total. The molecule has 156 valence electrons. The molecule has 1 aliphatic heterocycles. The van der Waals surface area contributed by atoms with Crippen LogP contribution in [0.1, 0.15) is 30.9 Å². The zero-order chi connectivity index (χ0) is 21.5. The summed E-state index contributed by atoms with van der Waals surface area (Å²) in [5, 5.41) is 0.589. The van der Waals surface area contributed by atoms with Gasteiger partial charge in [-0.3, -0.25) is 14.5 Å². The fourth-order valence-electron chi connectivity index (χ4n) is 3.15. The molecule has 1 fully saturated rings. The molecule has 1 saturated heterocycles. The van der Waals surface area contributed by atoms with Gasteiger partial charge in [-0.05, 0) is 36.6 Å². The highest BCUT2D eigenvalue weighted by atomic mass is 35.5. The minimum Gasteiger partial charge on any atom is -0.339 e. The van der Waals surface area contributed by atoms with Crippen LogP contribution in [0.5, 0.6) is 0 Å². The quantitative estimate of drug-likeness (QED) is 0.394. The van der Waals surface area contributed by atoms with E-state index in [-0.39, 0.29) is 11.8 Å². The molecule has 4 nitrogen and oxygen atoms in total. The number of carbonyl (C=O) groups excluding carboxylic acids is 2. The molecular formula is C23H23ClN2O2S2. The van der Waals surface area contributed by atoms with Gasteiger partial charge in [-0.15, -0.1) is 0 Å². The summed E-state index contributed by atoms with van der Waals surface area (Å²) >= 11 is 12.8. The highest BCUT2D eigenvalue weighted by Gasteiger charge is 2.31. The van der Waals surface area contributed by atoms with Crippen molar-refractivity contribution in [3.63, 3.8) is 0 Å². The average molecular weight is 459 g/mol. The molecular weight excluding hydrogens is 436 g/mol. The zero-order valence-electron chi connectivity index (χ0n) is 16.7. The van der Waals surface area contributed by atoms with Gasteiger partial charge in [-0.1, -0.05) is 84.1 Å². The summed E-state index contributed by atoms with van der Waals surface area (Å²) in [6.45, 7) is 3.65. The van der Waals surface area contributed by atoms with Gasteiger partial charge in [0.2, 0.25) is 5.91 Å². The van der Waals surface area contributed by atoms with Crippen molar-refractivity contribution >= 4 is 57.8 Å². The number of carbonyl (C=O) groups is 2. The Bertz CT molecular complexity index is 963. The van der Waals surface area contributed by atoms with Crippen LogP contribution < -0.4 is 0 Å². The largest absolute Gasteiger partial charge is 0.339 e. The molecule has 0 unspecified atom stereocenters. The van der Waals surface area contributed by atoms with E-state index in [4.69, 9.17) is 23.8 Å². The lowest BCUT2D eigenvalue weighted by molar-refractivity contribution is -0.132. The van der Waals surface area contributed by atoms with Gasteiger partial charge >= 0.3 is 0 Å². The van der Waals surface area contributed by atoms with Crippen LogP contribution in [0.15, 0.2) is 59.5 Å². The van der Waals surface area contributed by atoms with Gasteiger partial charge in [0.1, 0.15) is 4.32 Å². The second-order valence-electron chi connectivity index (χ2n) is 6.85. The Morgan fingerprint density at radius 2 is 1.87 bits per heavy atom. The first-order chi connectivity index (χ1) is 14.5. The lowest BCUT2D eigenvalue weighted by atomic mass is 10.2. The van der Waals surface area contributed by atoms with Crippen LogP contribution in [-0.4, -0.2) is 39.0 Å². The monoisotopic (exact) mass is 458 g/mol. The van der Waals surface area contributed by atoms with Gasteiger partial charge < -0.3 is 4.90 Å². The molecule has 0 saturated carbocycles. The minimum atomic E-state index is -0.131. The van der Waals surface area contributed by atoms with E-state index in [1.54, 1.807) is 17.0 Å². The number of rotatable bonds is 8. The molecule has 2 aromatic rings. The first kappa shape index (κ1) is 22.5. The van der Waals surface area contributed by atoms with Crippen LogP contribution in [0.2, 0.25) is 5.02 Å². The Morgan fingerprint density at radius 3 is 2.57 bits per heavy atom. The third-order valence-corrected chi connectivity index (χ3v) is 6.51. The summed E-state index contributed by atoms with van der Waals surface area (Å²) in [5.41, 5.74) is 1.89. The Balaban J connectivity index is 1.55. The SMILES string of the molecule is CCN(Cc1ccccc1)C(=O)CCCN1C(=O)/C(=C\c2ccccc2Cl)SC1=S. The molecule has 3 rings (SSSR count). The van der Waals surface area contributed by atoms with Gasteiger partial charge in [-0.25, -0.2) is 0 Å². The van der Waals surface area contributed by atoms with E-state index in [1.165, 1.54) is 11.8 Å². The summed E-state index contributed by atoms with van der Waals surface area (Å²) in [7, 11) is 0. The Kier molecular flexibility index (Phi) is 8.08. The van der Waals surface area contributed by atoms with Crippen molar-refractivity contribution in [2.75, 3.05) is 13.1 Å². The topological polar surface area (TPSA) is 40.6 Å². The van der Waals surface area contributed by atoms with E-state index in [9.17, 15) is 9.59 Å². The molecule has 7 heteroatoms. The summed E-state index contributed by atoms with van der Waals surface area (Å²) in [6.07, 6.45) is 2.71. The molecule has 0 aliphatic carbocycles. The molecule has 0 atom stereocenters. The van der Waals surface area contributed by atoms with Crippen molar-refractivity contribution in [3.05, 3.63) is 75.7 Å². The molecule has 0 spiro atoms. The molecule has 0 aromatic heterocycles. The maximum atomic E-state index is 12.7. The average Bonchev–Trinajstić information content (AvgIpc) is 3.01. The van der Waals surface area contributed by atoms with E-state index in [2.05, 4.69) is 0 Å². The standard InChI is InChI=1S/C23H23ClN2O2S2/c1-2-25(16-17-9-4-3-5-10-17)21(27)13-8-14-26-22(28)20(30-23(26)29)15-18-11-6-7-12-19(18)24/h3-7,9-12,15H,2,8,13-14,16H2,1H3/b20-15+. The Labute approximate surface area is 191 Å². The number of hydrogen-bond acceptors (Lipinski definition) is 4. The molecule has 1 heterocycles. The van der Waals surface area contributed by atoms with Gasteiger partial charge in [0, 0.05) is 31.1 Å². The molecule has 0 bridgehead atoms. The third kappa shape index (κ3) is 5.72. The van der Waals surface area contributed by atoms with Crippen molar-refractivity contribution in [1.82, 2.24) is 9.80 Å². The lowest BCUT2D eigenvalue weighted by Crippen LogP contribution is -2.32. The van der Waals surface area contributed by atoms with Crippen molar-refractivity contribution in [1.29, 1.82) is 0 Å². The first-order valence-electron chi connectivity index (χ1n) is 9.81. The normalized spacial score (nSPS) is 15.1. The fraction of sp³-hybridized carbons (Fsp3) is 0.261. The third-order valence-electron chi connectivity index (χ3n) is 4.79. The smallest absolute Gasteiger partial charge is 0.266 e. The van der Waals surface area contributed by atoms with Crippen LogP contribution in [0.3, 0.4) is 0 Å². The number of thioether (sulfide) groups is 1. The van der Waals surface area contributed by atoms with E-state index in [1.807, 2.05) is 60.4 Å². The zero-order valence-corrected chi connectivity index (χ0v) is 19.1. The second kappa shape index (κ2) is 10.8. The summed E-state index contributed by atoms with van der Waals surface area (Å²) < 4.78 is 0.516. The van der Waals surface area contributed by atoms with Crippen LogP contribution in [0.4, 0.5) is 0 Å². The van der Waals surface area contributed by atoms with Gasteiger partial charge in [0.15, 0.2) is 0 Å². The van der Waals surface area contributed by atoms with Crippen molar-refractivity contribution < 1.29 is 9.59 Å². The van der Waals surface area contributed by atoms with Crippen molar-refractivity contribution in [2.45, 2.75) is 26.3 Å². The number of halogens is 1. The summed E-state index contributed by atoms with van der Waals surface area (Å²) in [4.78, 5) is 29.3. The molecule has 2 aromatic carbocycles. The van der Waals surface area contributed by atoms with Gasteiger partial charge in [0.05, 0.1) is 4.91 Å². The van der Waals surface area contributed by atoms with E-state index >= 15 is 0 Å². The Morgan fingerprint density at radius 1 is 1.17 bits per heavy atom. The van der Waals surface area contributed by atoms with Gasteiger partial charge in [-0.2, -0.15) is 0 Å². The number of hydrogen-bond donors (Lipinski definition) is 0. The summed E-state index contributed by atoms with van der Waals surface area (Å²) in [5.74, 6) is -0.0487. The lowest BCUT2D eigenvalue weighted by Gasteiger charge is -2.22. The molecule has 2 amide bonds. The molecule has 1 aliphatic rings.